The first-order chi connectivity index (χ1) is 13.7. The molecule has 0 radical (unpaired) electrons. The summed E-state index contributed by atoms with van der Waals surface area (Å²) in [7, 11) is -2.10. The van der Waals surface area contributed by atoms with E-state index in [1.54, 1.807) is 13.1 Å². The van der Waals surface area contributed by atoms with Crippen molar-refractivity contribution in [2.45, 2.75) is 44.4 Å². The molecule has 1 saturated heterocycles. The highest BCUT2D eigenvalue weighted by Crippen LogP contribution is 2.27. The number of rotatable bonds is 7. The Kier molecular flexibility index (Phi) is 6.48. The largest absolute Gasteiger partial charge is 0.419 e. The Morgan fingerprint density at radius 1 is 1.28 bits per heavy atom. The first kappa shape index (κ1) is 21.6. The van der Waals surface area contributed by atoms with Crippen molar-refractivity contribution in [2.24, 2.45) is 18.9 Å². The molecule has 8 nitrogen and oxygen atoms in total. The van der Waals surface area contributed by atoms with Gasteiger partial charge in [-0.05, 0) is 43.2 Å². The maximum Gasteiger partial charge on any atom is 0.419 e. The van der Waals surface area contributed by atoms with E-state index >= 15 is 0 Å². The smallest absolute Gasteiger partial charge is 0.408 e. The van der Waals surface area contributed by atoms with Gasteiger partial charge in [-0.1, -0.05) is 13.8 Å². The van der Waals surface area contributed by atoms with Crippen LogP contribution in [0, 0.1) is 11.8 Å². The molecule has 0 atom stereocenters. The number of aryl methyl sites for hydroxylation is 1. The number of nitrogens with zero attached hydrogens (tertiary/aromatic N) is 2. The second-order valence-corrected chi connectivity index (χ2v) is 10.1. The summed E-state index contributed by atoms with van der Waals surface area (Å²) >= 11 is 0. The molecule has 9 heteroatoms. The van der Waals surface area contributed by atoms with E-state index in [-0.39, 0.29) is 22.3 Å². The molecule has 0 bridgehead atoms. The summed E-state index contributed by atoms with van der Waals surface area (Å²) in [5, 5.41) is 2.94. The minimum Gasteiger partial charge on any atom is -0.408 e. The summed E-state index contributed by atoms with van der Waals surface area (Å²) in [6.07, 6.45) is 2.69. The molecule has 0 spiro atoms. The summed E-state index contributed by atoms with van der Waals surface area (Å²) in [6.45, 7) is 5.67. The van der Waals surface area contributed by atoms with Crippen molar-refractivity contribution in [1.29, 1.82) is 0 Å². The maximum atomic E-state index is 13.0. The molecule has 3 rings (SSSR count). The predicted molar refractivity (Wildman–Crippen MR) is 110 cm³/mol. The summed E-state index contributed by atoms with van der Waals surface area (Å²) in [6, 6.07) is 4.49. The van der Waals surface area contributed by atoms with Crippen LogP contribution in [0.15, 0.2) is 32.3 Å². The molecule has 1 N–H and O–H groups in total. The Balaban J connectivity index is 1.60. The van der Waals surface area contributed by atoms with E-state index in [4.69, 9.17) is 4.42 Å². The first-order valence-electron chi connectivity index (χ1n) is 10.0. The van der Waals surface area contributed by atoms with Gasteiger partial charge in [0.05, 0.1) is 10.4 Å². The highest BCUT2D eigenvalue weighted by Gasteiger charge is 2.30. The van der Waals surface area contributed by atoms with Crippen LogP contribution in [0.2, 0.25) is 0 Å². The molecular formula is C20H29N3O5S. The van der Waals surface area contributed by atoms with Crippen LogP contribution in [0.25, 0.3) is 11.1 Å². The van der Waals surface area contributed by atoms with Crippen LogP contribution in [0.4, 0.5) is 0 Å². The number of sulfonamides is 1. The van der Waals surface area contributed by atoms with E-state index in [2.05, 4.69) is 19.2 Å². The fraction of sp³-hybridized carbons (Fsp3) is 0.600. The van der Waals surface area contributed by atoms with Gasteiger partial charge in [-0.2, -0.15) is 4.31 Å². The highest BCUT2D eigenvalue weighted by atomic mass is 32.2. The van der Waals surface area contributed by atoms with Crippen LogP contribution in [0.3, 0.4) is 0 Å². The summed E-state index contributed by atoms with van der Waals surface area (Å²) in [4.78, 5) is 23.8. The zero-order chi connectivity index (χ0) is 21.2. The van der Waals surface area contributed by atoms with Gasteiger partial charge in [-0.15, -0.1) is 0 Å². The van der Waals surface area contributed by atoms with Crippen molar-refractivity contribution in [3.05, 3.63) is 28.7 Å². The van der Waals surface area contributed by atoms with Crippen molar-refractivity contribution >= 4 is 27.0 Å². The Hall–Kier alpha value is -2.13. The van der Waals surface area contributed by atoms with E-state index in [1.807, 2.05) is 0 Å². The van der Waals surface area contributed by atoms with Crippen molar-refractivity contribution in [1.82, 2.24) is 14.2 Å². The Morgan fingerprint density at radius 3 is 2.62 bits per heavy atom. The van der Waals surface area contributed by atoms with Gasteiger partial charge in [-0.3, -0.25) is 9.36 Å². The molecule has 160 valence electrons. The molecule has 2 heterocycles. The molecule has 1 aliphatic heterocycles. The zero-order valence-corrected chi connectivity index (χ0v) is 18.0. The average Bonchev–Trinajstić information content (AvgIpc) is 2.95. The number of nitrogens with one attached hydrogen (secondary N) is 1. The molecule has 1 fully saturated rings. The van der Waals surface area contributed by atoms with Crippen LogP contribution < -0.4 is 11.1 Å². The Morgan fingerprint density at radius 2 is 1.97 bits per heavy atom. The number of fused-ring (bicyclic) bond motifs is 1. The van der Waals surface area contributed by atoms with E-state index < -0.39 is 15.8 Å². The molecule has 1 aliphatic rings. The number of benzene rings is 1. The van der Waals surface area contributed by atoms with Crippen molar-refractivity contribution < 1.29 is 17.6 Å². The number of oxazole rings is 1. The molecule has 1 aromatic carbocycles. The molecule has 2 aromatic rings. The second-order valence-electron chi connectivity index (χ2n) is 8.14. The number of hydrogen-bond donors (Lipinski definition) is 1. The molecule has 29 heavy (non-hydrogen) atoms. The number of piperidine rings is 1. The number of carbonyl (C=O) groups is 1. The lowest BCUT2D eigenvalue weighted by molar-refractivity contribution is -0.122. The van der Waals surface area contributed by atoms with Gasteiger partial charge >= 0.3 is 5.76 Å². The van der Waals surface area contributed by atoms with Crippen molar-refractivity contribution in [3.8, 4) is 0 Å². The summed E-state index contributed by atoms with van der Waals surface area (Å²) in [5.41, 5.74) is 0.808. The van der Waals surface area contributed by atoms with Gasteiger partial charge in [0.25, 0.3) is 0 Å². The monoisotopic (exact) mass is 423 g/mol. The fourth-order valence-electron chi connectivity index (χ4n) is 3.61. The van der Waals surface area contributed by atoms with Crippen LogP contribution in [0.1, 0.15) is 39.5 Å². The Bertz CT molecular complexity index is 1030. The molecule has 1 aromatic heterocycles. The quantitative estimate of drug-likeness (QED) is 0.735. The first-order valence-corrected chi connectivity index (χ1v) is 11.5. The molecule has 0 unspecified atom stereocenters. The minimum atomic E-state index is -3.67. The van der Waals surface area contributed by atoms with E-state index in [0.29, 0.717) is 50.3 Å². The minimum absolute atomic E-state index is 0.0384. The van der Waals surface area contributed by atoms with Gasteiger partial charge in [0.15, 0.2) is 5.58 Å². The van der Waals surface area contributed by atoms with Crippen LogP contribution in [-0.4, -0.2) is 42.8 Å². The van der Waals surface area contributed by atoms with Crippen LogP contribution in [-0.2, 0) is 21.9 Å². The Labute approximate surface area is 170 Å². The van der Waals surface area contributed by atoms with Gasteiger partial charge in [0, 0.05) is 39.2 Å². The third kappa shape index (κ3) is 4.90. The lowest BCUT2D eigenvalue weighted by Gasteiger charge is -2.31. The number of amides is 1. The van der Waals surface area contributed by atoms with E-state index in [1.165, 1.54) is 21.0 Å². The highest BCUT2D eigenvalue weighted by molar-refractivity contribution is 7.89. The van der Waals surface area contributed by atoms with Crippen molar-refractivity contribution in [2.75, 3.05) is 19.6 Å². The van der Waals surface area contributed by atoms with Gasteiger partial charge in [0.1, 0.15) is 0 Å². The van der Waals surface area contributed by atoms with E-state index in [0.717, 1.165) is 6.42 Å². The second kappa shape index (κ2) is 8.71. The average molecular weight is 424 g/mol. The topological polar surface area (TPSA) is 102 Å². The van der Waals surface area contributed by atoms with Crippen molar-refractivity contribution in [3.63, 3.8) is 0 Å². The fourth-order valence-corrected chi connectivity index (χ4v) is 5.10. The molecule has 1 amide bonds. The number of carbonyl (C=O) groups excluding carboxylic acids is 1. The third-order valence-corrected chi connectivity index (χ3v) is 7.39. The third-order valence-electron chi connectivity index (χ3n) is 5.49. The van der Waals surface area contributed by atoms with Gasteiger partial charge in [-0.25, -0.2) is 13.2 Å². The molecular weight excluding hydrogens is 394 g/mol. The summed E-state index contributed by atoms with van der Waals surface area (Å²) in [5.74, 6) is 0.251. The summed E-state index contributed by atoms with van der Waals surface area (Å²) < 4.78 is 33.8. The predicted octanol–water partition coefficient (Wildman–Crippen LogP) is 2.08. The van der Waals surface area contributed by atoms with E-state index in [9.17, 15) is 18.0 Å². The lowest BCUT2D eigenvalue weighted by atomic mass is 9.94. The SMILES string of the molecule is CC(C)CCNC(=O)CC1CCN(S(=O)(=O)c2ccc3c(c2)oc(=O)n3C)CC1. The number of hydrogen-bond acceptors (Lipinski definition) is 5. The van der Waals surface area contributed by atoms with Crippen LogP contribution in [0.5, 0.6) is 0 Å². The molecule has 0 saturated carbocycles. The zero-order valence-electron chi connectivity index (χ0n) is 17.2. The van der Waals surface area contributed by atoms with Gasteiger partial charge < -0.3 is 9.73 Å². The number of aromatic nitrogens is 1. The van der Waals surface area contributed by atoms with Gasteiger partial charge in [0.2, 0.25) is 15.9 Å². The molecule has 0 aliphatic carbocycles. The normalized spacial score (nSPS) is 16.6. The standard InChI is InChI=1S/C20H29N3O5S/c1-14(2)6-9-21-19(24)12-15-7-10-23(11-8-15)29(26,27)16-4-5-17-18(13-16)28-20(25)22(17)3/h4-5,13-15H,6-12H2,1-3H3,(H,21,24). The lowest BCUT2D eigenvalue weighted by Crippen LogP contribution is -2.39. The maximum absolute atomic E-state index is 13.0. The van der Waals surface area contributed by atoms with Crippen LogP contribution >= 0.6 is 0 Å².